The Morgan fingerprint density at radius 1 is 0.727 bits per heavy atom. The van der Waals surface area contributed by atoms with E-state index in [9.17, 15) is 26.3 Å². The molecular formula is C10H15F6O5P. The Labute approximate surface area is 122 Å². The predicted molar refractivity (Wildman–Crippen MR) is 63.1 cm³/mol. The van der Waals surface area contributed by atoms with Crippen LogP contribution in [-0.4, -0.2) is 32.2 Å². The van der Waals surface area contributed by atoms with Crippen molar-refractivity contribution in [2.24, 2.45) is 0 Å². The second kappa shape index (κ2) is 6.03. The van der Waals surface area contributed by atoms with Crippen LogP contribution in [0.2, 0.25) is 0 Å². The third kappa shape index (κ3) is 3.58. The molecule has 0 amide bonds. The summed E-state index contributed by atoms with van der Waals surface area (Å²) in [6.07, 6.45) is -10.9. The molecule has 0 saturated carbocycles. The van der Waals surface area contributed by atoms with Crippen LogP contribution in [0.25, 0.3) is 0 Å². The molecule has 5 nitrogen and oxygen atoms in total. The SMILES string of the molecule is CCOP1(OCC)(OCC)OC(C(F)(F)F)=C(C(F)(F)F)O1. The summed E-state index contributed by atoms with van der Waals surface area (Å²) in [5.41, 5.74) is 0. The van der Waals surface area contributed by atoms with E-state index in [1.54, 1.807) is 0 Å². The molecule has 0 aromatic heterocycles. The minimum absolute atomic E-state index is 0.353. The van der Waals surface area contributed by atoms with Crippen LogP contribution < -0.4 is 0 Å². The number of allylic oxidation sites excluding steroid dienone is 2. The molecule has 0 aromatic rings. The van der Waals surface area contributed by atoms with E-state index in [2.05, 4.69) is 9.05 Å². The molecule has 0 spiro atoms. The second-order valence-electron chi connectivity index (χ2n) is 3.84. The second-order valence-corrected chi connectivity index (χ2v) is 6.47. The zero-order valence-electron chi connectivity index (χ0n) is 11.9. The molecule has 0 N–H and O–H groups in total. The molecule has 1 aliphatic rings. The average molecular weight is 360 g/mol. The zero-order valence-corrected chi connectivity index (χ0v) is 12.8. The molecule has 0 radical (unpaired) electrons. The van der Waals surface area contributed by atoms with Crippen LogP contribution in [0.5, 0.6) is 0 Å². The normalized spacial score (nSPS) is 22.7. The monoisotopic (exact) mass is 360 g/mol. The molecule has 1 aliphatic heterocycles. The van der Waals surface area contributed by atoms with Crippen LogP contribution in [0.15, 0.2) is 11.5 Å². The molecule has 22 heavy (non-hydrogen) atoms. The molecule has 0 atom stereocenters. The molecule has 0 saturated heterocycles. The van der Waals surface area contributed by atoms with E-state index < -0.39 is 31.6 Å². The zero-order chi connectivity index (χ0) is 17.3. The van der Waals surface area contributed by atoms with Gasteiger partial charge in [0.1, 0.15) is 0 Å². The fourth-order valence-corrected chi connectivity index (χ4v) is 4.47. The maximum atomic E-state index is 12.9. The summed E-state index contributed by atoms with van der Waals surface area (Å²) in [4.78, 5) is 0. The van der Waals surface area contributed by atoms with Gasteiger partial charge in [0.15, 0.2) is 0 Å². The molecule has 12 heteroatoms. The first-order valence-corrected chi connectivity index (χ1v) is 8.02. The Morgan fingerprint density at radius 3 is 1.18 bits per heavy atom. The van der Waals surface area contributed by atoms with Crippen LogP contribution in [0.4, 0.5) is 26.3 Å². The van der Waals surface area contributed by atoms with Crippen molar-refractivity contribution < 1.29 is 49.0 Å². The molecular weight excluding hydrogens is 345 g/mol. The van der Waals surface area contributed by atoms with Crippen molar-refractivity contribution in [1.29, 1.82) is 0 Å². The molecule has 0 bridgehead atoms. The van der Waals surface area contributed by atoms with Crippen LogP contribution in [0, 0.1) is 0 Å². The van der Waals surface area contributed by atoms with Crippen molar-refractivity contribution in [2.75, 3.05) is 19.8 Å². The quantitative estimate of drug-likeness (QED) is 0.511. The topological polar surface area (TPSA) is 46.2 Å². The number of halogens is 6. The number of alkyl halides is 6. The van der Waals surface area contributed by atoms with Crippen molar-refractivity contribution in [2.45, 2.75) is 33.1 Å². The van der Waals surface area contributed by atoms with Crippen molar-refractivity contribution in [3.05, 3.63) is 11.5 Å². The Balaban J connectivity index is 3.44. The van der Waals surface area contributed by atoms with Crippen molar-refractivity contribution in [3.8, 4) is 0 Å². The number of hydrogen-bond acceptors (Lipinski definition) is 5. The van der Waals surface area contributed by atoms with Crippen LogP contribution >= 0.6 is 7.74 Å². The van der Waals surface area contributed by atoms with E-state index in [-0.39, 0.29) is 19.8 Å². The fraction of sp³-hybridized carbons (Fsp3) is 0.800. The molecule has 0 unspecified atom stereocenters. The summed E-state index contributed by atoms with van der Waals surface area (Å²) >= 11 is 0. The summed E-state index contributed by atoms with van der Waals surface area (Å²) in [5, 5.41) is 0. The van der Waals surface area contributed by atoms with Gasteiger partial charge in [0.25, 0.3) is 0 Å². The van der Waals surface area contributed by atoms with E-state index in [1.165, 1.54) is 20.8 Å². The van der Waals surface area contributed by atoms with Gasteiger partial charge in [0, 0.05) is 0 Å². The van der Waals surface area contributed by atoms with Gasteiger partial charge in [-0.05, 0) is 0 Å². The average Bonchev–Trinajstić information content (AvgIpc) is 2.67. The van der Waals surface area contributed by atoms with Gasteiger partial charge in [-0.3, -0.25) is 0 Å². The Morgan fingerprint density at radius 2 is 1.00 bits per heavy atom. The predicted octanol–water partition coefficient (Wildman–Crippen LogP) is 4.61. The van der Waals surface area contributed by atoms with E-state index >= 15 is 0 Å². The Hall–Kier alpha value is -0.770. The maximum absolute atomic E-state index is 12.9. The van der Waals surface area contributed by atoms with Gasteiger partial charge >= 0.3 is 121 Å². The summed E-state index contributed by atoms with van der Waals surface area (Å²) in [7, 11) is -5.53. The molecule has 1 heterocycles. The van der Waals surface area contributed by atoms with Gasteiger partial charge < -0.3 is 0 Å². The molecule has 132 valence electrons. The van der Waals surface area contributed by atoms with E-state index in [1.807, 2.05) is 0 Å². The summed E-state index contributed by atoms with van der Waals surface area (Å²) in [6.45, 7) is 2.89. The summed E-state index contributed by atoms with van der Waals surface area (Å²) in [6, 6.07) is 0. The first kappa shape index (κ1) is 19.3. The van der Waals surface area contributed by atoms with Gasteiger partial charge in [-0.2, -0.15) is 0 Å². The summed E-state index contributed by atoms with van der Waals surface area (Å²) in [5.74, 6) is -4.76. The van der Waals surface area contributed by atoms with E-state index in [0.29, 0.717) is 0 Å². The standard InChI is InChI=1S/C10H15F6O5P/c1-4-17-22(18-5-2,19-6-3)20-7(9(11,12)13)8(21-22)10(14,15)16/h4-6H2,1-3H3. The van der Waals surface area contributed by atoms with Crippen molar-refractivity contribution in [3.63, 3.8) is 0 Å². The van der Waals surface area contributed by atoms with Crippen LogP contribution in [0.1, 0.15) is 20.8 Å². The van der Waals surface area contributed by atoms with E-state index in [4.69, 9.17) is 13.6 Å². The van der Waals surface area contributed by atoms with Crippen molar-refractivity contribution >= 4 is 7.74 Å². The molecule has 1 rings (SSSR count). The first-order chi connectivity index (χ1) is 9.93. The summed E-state index contributed by atoms with van der Waals surface area (Å²) < 4.78 is 101. The first-order valence-electron chi connectivity index (χ1n) is 6.19. The fourth-order valence-electron chi connectivity index (χ4n) is 1.66. The third-order valence-corrected chi connectivity index (χ3v) is 5.22. The Kier molecular flexibility index (Phi) is 5.28. The third-order valence-electron chi connectivity index (χ3n) is 2.22. The van der Waals surface area contributed by atoms with Gasteiger partial charge in [0.2, 0.25) is 0 Å². The van der Waals surface area contributed by atoms with Gasteiger partial charge in [0.05, 0.1) is 0 Å². The van der Waals surface area contributed by atoms with Gasteiger partial charge in [-0.15, -0.1) is 0 Å². The Bertz CT molecular complexity index is 396. The van der Waals surface area contributed by atoms with Gasteiger partial charge in [-0.25, -0.2) is 0 Å². The molecule has 0 fully saturated rings. The van der Waals surface area contributed by atoms with Crippen LogP contribution in [0.3, 0.4) is 0 Å². The minimum atomic E-state index is -5.53. The van der Waals surface area contributed by atoms with Crippen LogP contribution in [-0.2, 0) is 22.6 Å². The van der Waals surface area contributed by atoms with Crippen molar-refractivity contribution in [1.82, 2.24) is 0 Å². The number of rotatable bonds is 6. The molecule has 0 aliphatic carbocycles. The number of hydrogen-bond donors (Lipinski definition) is 0. The molecule has 0 aromatic carbocycles. The van der Waals surface area contributed by atoms with E-state index in [0.717, 1.165) is 0 Å². The van der Waals surface area contributed by atoms with Gasteiger partial charge in [-0.1, -0.05) is 0 Å².